The quantitative estimate of drug-likeness (QED) is 0.656. The molecule has 1 amide bonds. The molecule has 1 atom stereocenters. The van der Waals surface area contributed by atoms with Crippen LogP contribution in [0.3, 0.4) is 0 Å². The number of benzene rings is 2. The Morgan fingerprint density at radius 2 is 1.83 bits per heavy atom. The minimum Gasteiger partial charge on any atom is -0.379 e. The Bertz CT molecular complexity index is 1060. The fraction of sp³-hybridized carbons (Fsp3) is 0.350. The van der Waals surface area contributed by atoms with Crippen LogP contribution in [-0.2, 0) is 14.8 Å². The van der Waals surface area contributed by atoms with Crippen LogP contribution in [0.25, 0.3) is 0 Å². The van der Waals surface area contributed by atoms with Crippen molar-refractivity contribution in [3.63, 3.8) is 0 Å². The molecule has 0 radical (unpaired) electrons. The minimum absolute atomic E-state index is 0.139. The first-order valence-electron chi connectivity index (χ1n) is 9.22. The van der Waals surface area contributed by atoms with Crippen LogP contribution in [0.1, 0.15) is 28.9 Å². The van der Waals surface area contributed by atoms with Crippen molar-refractivity contribution in [1.82, 2.24) is 9.21 Å². The van der Waals surface area contributed by atoms with E-state index in [-0.39, 0.29) is 36.8 Å². The fourth-order valence-corrected chi connectivity index (χ4v) is 5.18. The molecule has 1 aliphatic rings. The second-order valence-electron chi connectivity index (χ2n) is 6.92. The van der Waals surface area contributed by atoms with Crippen LogP contribution < -0.4 is 0 Å². The maximum Gasteiger partial charge on any atom is 0.257 e. The topological polar surface area (TPSA) is 66.9 Å². The lowest BCUT2D eigenvalue weighted by molar-refractivity contribution is 0.0728. The van der Waals surface area contributed by atoms with Gasteiger partial charge < -0.3 is 9.64 Å². The Hall–Kier alpha value is -1.71. The molecule has 162 valence electrons. The van der Waals surface area contributed by atoms with E-state index in [1.165, 1.54) is 16.3 Å². The number of rotatable bonds is 5. The summed E-state index contributed by atoms with van der Waals surface area (Å²) in [6, 6.07) is 7.63. The van der Waals surface area contributed by atoms with Gasteiger partial charge in [0.15, 0.2) is 0 Å². The van der Waals surface area contributed by atoms with Crippen LogP contribution in [0.5, 0.6) is 0 Å². The van der Waals surface area contributed by atoms with E-state index >= 15 is 0 Å². The molecule has 2 aromatic rings. The molecular formula is C20H21Cl2FN2O4S. The van der Waals surface area contributed by atoms with Crippen molar-refractivity contribution in [2.75, 3.05) is 33.4 Å². The van der Waals surface area contributed by atoms with Crippen LogP contribution >= 0.6 is 23.2 Å². The van der Waals surface area contributed by atoms with Crippen LogP contribution in [0, 0.1) is 5.82 Å². The number of carbonyl (C=O) groups excluding carboxylic acids is 1. The molecule has 10 heteroatoms. The highest BCUT2D eigenvalue weighted by atomic mass is 35.5. The maximum absolute atomic E-state index is 14.5. The molecule has 0 bridgehead atoms. The van der Waals surface area contributed by atoms with E-state index in [1.807, 2.05) is 0 Å². The van der Waals surface area contributed by atoms with E-state index in [4.69, 9.17) is 27.9 Å². The number of hydrogen-bond acceptors (Lipinski definition) is 4. The Morgan fingerprint density at radius 1 is 1.17 bits per heavy atom. The van der Waals surface area contributed by atoms with Gasteiger partial charge in [-0.05, 0) is 42.8 Å². The third-order valence-electron chi connectivity index (χ3n) is 5.09. The molecule has 0 saturated carbocycles. The summed E-state index contributed by atoms with van der Waals surface area (Å²) in [5.74, 6) is -1.47. The smallest absolute Gasteiger partial charge is 0.257 e. The van der Waals surface area contributed by atoms with E-state index in [1.54, 1.807) is 25.1 Å². The highest BCUT2D eigenvalue weighted by Crippen LogP contribution is 2.30. The zero-order valence-corrected chi connectivity index (χ0v) is 18.8. The molecule has 6 nitrogen and oxygen atoms in total. The summed E-state index contributed by atoms with van der Waals surface area (Å²) in [7, 11) is -2.36. The summed E-state index contributed by atoms with van der Waals surface area (Å²) >= 11 is 12.2. The fourth-order valence-electron chi connectivity index (χ4n) is 3.18. The maximum atomic E-state index is 14.5. The Morgan fingerprint density at radius 3 is 2.47 bits per heavy atom. The molecule has 1 fully saturated rings. The number of halogens is 3. The summed E-state index contributed by atoms with van der Waals surface area (Å²) in [6.07, 6.45) is 0. The molecule has 0 spiro atoms. The van der Waals surface area contributed by atoms with E-state index in [0.29, 0.717) is 15.6 Å². The van der Waals surface area contributed by atoms with Gasteiger partial charge >= 0.3 is 0 Å². The molecule has 0 aromatic heterocycles. The highest BCUT2D eigenvalue weighted by Gasteiger charge is 2.29. The third-order valence-corrected chi connectivity index (χ3v) is 7.55. The van der Waals surface area contributed by atoms with Crippen LogP contribution in [0.2, 0.25) is 10.0 Å². The molecule has 1 aliphatic heterocycles. The van der Waals surface area contributed by atoms with Crippen molar-refractivity contribution in [3.05, 3.63) is 63.4 Å². The highest BCUT2D eigenvalue weighted by molar-refractivity contribution is 7.89. The number of ether oxygens (including phenoxy) is 1. The second kappa shape index (κ2) is 9.20. The summed E-state index contributed by atoms with van der Waals surface area (Å²) in [6.45, 7) is 2.71. The summed E-state index contributed by atoms with van der Waals surface area (Å²) < 4.78 is 46.7. The second-order valence-corrected chi connectivity index (χ2v) is 9.70. The largest absolute Gasteiger partial charge is 0.379 e. The molecule has 3 rings (SSSR count). The Balaban J connectivity index is 1.91. The van der Waals surface area contributed by atoms with Crippen molar-refractivity contribution in [1.29, 1.82) is 0 Å². The van der Waals surface area contributed by atoms with E-state index in [2.05, 4.69) is 0 Å². The standard InChI is InChI=1S/C20H21Cl2FN2O4S/c1-13(16-5-3-14(21)11-18(16)22)24(2)20(26)17-12-15(4-6-19(17)23)30(27,28)25-7-9-29-10-8-25/h3-6,11-13H,7-10H2,1-2H3. The molecule has 30 heavy (non-hydrogen) atoms. The summed E-state index contributed by atoms with van der Waals surface area (Å²) in [5, 5.41) is 0.829. The SMILES string of the molecule is CC(c1ccc(Cl)cc1Cl)N(C)C(=O)c1cc(S(=O)(=O)N2CCOCC2)ccc1F. The van der Waals surface area contributed by atoms with Gasteiger partial charge in [0.2, 0.25) is 10.0 Å². The van der Waals surface area contributed by atoms with Crippen molar-refractivity contribution in [2.24, 2.45) is 0 Å². The zero-order chi connectivity index (χ0) is 22.1. The monoisotopic (exact) mass is 474 g/mol. The van der Waals surface area contributed by atoms with Gasteiger partial charge in [-0.2, -0.15) is 4.31 Å². The van der Waals surface area contributed by atoms with Gasteiger partial charge in [-0.3, -0.25) is 4.79 Å². The van der Waals surface area contributed by atoms with Crippen LogP contribution in [0.4, 0.5) is 4.39 Å². The van der Waals surface area contributed by atoms with Gasteiger partial charge in [-0.15, -0.1) is 0 Å². The van der Waals surface area contributed by atoms with Gasteiger partial charge in [0, 0.05) is 30.2 Å². The first kappa shape index (κ1) is 23.0. The molecule has 1 saturated heterocycles. The number of sulfonamides is 1. The number of nitrogens with zero attached hydrogens (tertiary/aromatic N) is 2. The molecular weight excluding hydrogens is 454 g/mol. The van der Waals surface area contributed by atoms with Gasteiger partial charge in [0.05, 0.1) is 29.7 Å². The average molecular weight is 475 g/mol. The van der Waals surface area contributed by atoms with Crippen molar-refractivity contribution < 1.29 is 22.3 Å². The number of morpholine rings is 1. The normalized spacial score (nSPS) is 16.3. The number of hydrogen-bond donors (Lipinski definition) is 0. The van der Waals surface area contributed by atoms with E-state index in [9.17, 15) is 17.6 Å². The molecule has 0 N–H and O–H groups in total. The first-order valence-corrected chi connectivity index (χ1v) is 11.4. The summed E-state index contributed by atoms with van der Waals surface area (Å²) in [5.41, 5.74) is 0.304. The Labute approximate surface area is 185 Å². The van der Waals surface area contributed by atoms with Crippen molar-refractivity contribution >= 4 is 39.1 Å². The van der Waals surface area contributed by atoms with E-state index < -0.39 is 27.8 Å². The van der Waals surface area contributed by atoms with Crippen LogP contribution in [-0.4, -0.2) is 56.9 Å². The first-order chi connectivity index (χ1) is 14.1. The van der Waals surface area contributed by atoms with Crippen molar-refractivity contribution in [2.45, 2.75) is 17.9 Å². The zero-order valence-electron chi connectivity index (χ0n) is 16.4. The van der Waals surface area contributed by atoms with Gasteiger partial charge in [0.25, 0.3) is 5.91 Å². The third kappa shape index (κ3) is 4.63. The summed E-state index contributed by atoms with van der Waals surface area (Å²) in [4.78, 5) is 14.2. The molecule has 1 heterocycles. The Kier molecular flexibility index (Phi) is 7.04. The van der Waals surface area contributed by atoms with Crippen LogP contribution in [0.15, 0.2) is 41.3 Å². The predicted octanol–water partition coefficient (Wildman–Crippen LogP) is 3.99. The van der Waals surface area contributed by atoms with Crippen molar-refractivity contribution in [3.8, 4) is 0 Å². The lowest BCUT2D eigenvalue weighted by Crippen LogP contribution is -2.40. The molecule has 0 aliphatic carbocycles. The predicted molar refractivity (Wildman–Crippen MR) is 113 cm³/mol. The van der Waals surface area contributed by atoms with Gasteiger partial charge in [0.1, 0.15) is 5.82 Å². The molecule has 1 unspecified atom stereocenters. The molecule has 2 aromatic carbocycles. The van der Waals surface area contributed by atoms with Gasteiger partial charge in [-0.1, -0.05) is 29.3 Å². The number of carbonyl (C=O) groups is 1. The number of amides is 1. The lowest BCUT2D eigenvalue weighted by atomic mass is 10.1. The average Bonchev–Trinajstić information content (AvgIpc) is 2.73. The lowest BCUT2D eigenvalue weighted by Gasteiger charge is -2.27. The van der Waals surface area contributed by atoms with E-state index in [0.717, 1.165) is 18.2 Å². The minimum atomic E-state index is -3.86. The van der Waals surface area contributed by atoms with Gasteiger partial charge in [-0.25, -0.2) is 12.8 Å².